The van der Waals surface area contributed by atoms with E-state index in [0.29, 0.717) is 17.5 Å². The molecule has 0 unspecified atom stereocenters. The van der Waals surface area contributed by atoms with E-state index < -0.39 is 0 Å². The standard InChI is InChI=1S/C55H35N5/c1-4-12-36(13-5-1)37-20-26-43(27-21-37)54-58-53(42-16-8-3-9-17-42)59-55(60-54)44-28-22-38(23-29-44)45-32-33-48(47-19-11-10-18-46(45)47)50-35-31-41-25-24-40-30-34-49(39-14-6-2-7-15-39)56-51(40)52(41)57-50/h1-35H. The van der Waals surface area contributed by atoms with Crippen LogP contribution in [0.15, 0.2) is 212 Å². The van der Waals surface area contributed by atoms with Crippen molar-refractivity contribution in [2.75, 3.05) is 0 Å². The predicted molar refractivity (Wildman–Crippen MR) is 246 cm³/mol. The van der Waals surface area contributed by atoms with Gasteiger partial charge in [0.05, 0.1) is 22.4 Å². The van der Waals surface area contributed by atoms with Crippen LogP contribution in [0.4, 0.5) is 0 Å². The molecule has 0 aliphatic heterocycles. The molecule has 0 aliphatic rings. The maximum atomic E-state index is 5.30. The molecule has 0 N–H and O–H groups in total. The monoisotopic (exact) mass is 765 g/mol. The molecule has 280 valence electrons. The summed E-state index contributed by atoms with van der Waals surface area (Å²) in [6.07, 6.45) is 0. The van der Waals surface area contributed by atoms with Gasteiger partial charge in [0.15, 0.2) is 17.5 Å². The fourth-order valence-electron chi connectivity index (χ4n) is 8.05. The van der Waals surface area contributed by atoms with Crippen molar-refractivity contribution in [1.82, 2.24) is 24.9 Å². The normalized spacial score (nSPS) is 11.3. The maximum absolute atomic E-state index is 5.30. The van der Waals surface area contributed by atoms with Crippen molar-refractivity contribution in [1.29, 1.82) is 0 Å². The van der Waals surface area contributed by atoms with Crippen molar-refractivity contribution in [3.05, 3.63) is 212 Å². The number of hydrogen-bond acceptors (Lipinski definition) is 5. The molecule has 5 heteroatoms. The second-order valence-electron chi connectivity index (χ2n) is 14.9. The molecule has 3 aromatic heterocycles. The number of nitrogens with zero attached hydrogens (tertiary/aromatic N) is 5. The third kappa shape index (κ3) is 6.54. The van der Waals surface area contributed by atoms with E-state index in [9.17, 15) is 0 Å². The van der Waals surface area contributed by atoms with Crippen LogP contribution in [0.1, 0.15) is 0 Å². The highest BCUT2D eigenvalue weighted by molar-refractivity contribution is 6.07. The highest BCUT2D eigenvalue weighted by Crippen LogP contribution is 2.37. The smallest absolute Gasteiger partial charge is 0.164 e. The van der Waals surface area contributed by atoms with Gasteiger partial charge in [0.1, 0.15) is 0 Å². The Morgan fingerprint density at radius 3 is 1.15 bits per heavy atom. The molecule has 11 aromatic rings. The van der Waals surface area contributed by atoms with Crippen molar-refractivity contribution in [3.63, 3.8) is 0 Å². The molecule has 0 radical (unpaired) electrons. The summed E-state index contributed by atoms with van der Waals surface area (Å²) in [5, 5.41) is 4.42. The summed E-state index contributed by atoms with van der Waals surface area (Å²) in [5.41, 5.74) is 13.1. The summed E-state index contributed by atoms with van der Waals surface area (Å²) in [5.74, 6) is 1.89. The second-order valence-corrected chi connectivity index (χ2v) is 14.9. The summed E-state index contributed by atoms with van der Waals surface area (Å²) in [7, 11) is 0. The van der Waals surface area contributed by atoms with Gasteiger partial charge in [-0.3, -0.25) is 0 Å². The van der Waals surface area contributed by atoms with E-state index in [4.69, 9.17) is 24.9 Å². The van der Waals surface area contributed by atoms with Crippen LogP contribution in [0.2, 0.25) is 0 Å². The molecule has 0 atom stereocenters. The third-order valence-electron chi connectivity index (χ3n) is 11.2. The van der Waals surface area contributed by atoms with Gasteiger partial charge in [-0.2, -0.15) is 0 Å². The summed E-state index contributed by atoms with van der Waals surface area (Å²) < 4.78 is 0. The fourth-order valence-corrected chi connectivity index (χ4v) is 8.05. The van der Waals surface area contributed by atoms with Gasteiger partial charge in [-0.25, -0.2) is 24.9 Å². The van der Waals surface area contributed by atoms with Crippen molar-refractivity contribution < 1.29 is 0 Å². The molecule has 0 amide bonds. The molecule has 0 bridgehead atoms. The lowest BCUT2D eigenvalue weighted by molar-refractivity contribution is 1.07. The minimum Gasteiger partial charge on any atom is -0.245 e. The van der Waals surface area contributed by atoms with Crippen molar-refractivity contribution in [2.24, 2.45) is 0 Å². The first-order valence-corrected chi connectivity index (χ1v) is 20.1. The number of benzene rings is 8. The molecule has 60 heavy (non-hydrogen) atoms. The first-order valence-electron chi connectivity index (χ1n) is 20.1. The Balaban J connectivity index is 0.958. The molecule has 0 fully saturated rings. The minimum atomic E-state index is 0.623. The molecule has 0 saturated heterocycles. The van der Waals surface area contributed by atoms with Crippen LogP contribution in [-0.2, 0) is 0 Å². The van der Waals surface area contributed by atoms with Crippen LogP contribution in [0.3, 0.4) is 0 Å². The SMILES string of the molecule is c1ccc(-c2ccc(-c3nc(-c4ccccc4)nc(-c4ccc(-c5ccc(-c6ccc7ccc8ccc(-c9ccccc9)nc8c7n6)c6ccccc56)cc4)n3)cc2)cc1. The number of hydrogen-bond donors (Lipinski definition) is 0. The minimum absolute atomic E-state index is 0.623. The van der Waals surface area contributed by atoms with Crippen molar-refractivity contribution in [3.8, 4) is 78.9 Å². The molecule has 8 aromatic carbocycles. The molecule has 0 aliphatic carbocycles. The molecule has 11 rings (SSSR count). The van der Waals surface area contributed by atoms with Gasteiger partial charge in [0.25, 0.3) is 0 Å². The Morgan fingerprint density at radius 2 is 0.583 bits per heavy atom. The number of aromatic nitrogens is 5. The second kappa shape index (κ2) is 15.0. The average molecular weight is 766 g/mol. The van der Waals surface area contributed by atoms with Gasteiger partial charge < -0.3 is 0 Å². The number of rotatable bonds is 7. The van der Waals surface area contributed by atoms with Crippen molar-refractivity contribution in [2.45, 2.75) is 0 Å². The summed E-state index contributed by atoms with van der Waals surface area (Å²) in [6, 6.07) is 73.5. The van der Waals surface area contributed by atoms with Crippen LogP contribution >= 0.6 is 0 Å². The molecular weight excluding hydrogens is 731 g/mol. The Morgan fingerprint density at radius 1 is 0.217 bits per heavy atom. The van der Waals surface area contributed by atoms with E-state index in [-0.39, 0.29) is 0 Å². The van der Waals surface area contributed by atoms with Gasteiger partial charge in [0.2, 0.25) is 0 Å². The summed E-state index contributed by atoms with van der Waals surface area (Å²) in [4.78, 5) is 25.4. The first kappa shape index (κ1) is 35.0. The zero-order valence-corrected chi connectivity index (χ0v) is 32.4. The van der Waals surface area contributed by atoms with Crippen LogP contribution in [0, 0.1) is 0 Å². The fraction of sp³-hybridized carbons (Fsp3) is 0. The largest absolute Gasteiger partial charge is 0.245 e. The summed E-state index contributed by atoms with van der Waals surface area (Å²) >= 11 is 0. The Kier molecular flexibility index (Phi) is 8.75. The van der Waals surface area contributed by atoms with Crippen molar-refractivity contribution >= 4 is 32.6 Å². The first-order chi connectivity index (χ1) is 29.7. The molecule has 5 nitrogen and oxygen atoms in total. The van der Waals surface area contributed by atoms with E-state index in [1.54, 1.807) is 0 Å². The molecule has 0 spiro atoms. The highest BCUT2D eigenvalue weighted by atomic mass is 15.0. The summed E-state index contributed by atoms with van der Waals surface area (Å²) in [6.45, 7) is 0. The lowest BCUT2D eigenvalue weighted by atomic mass is 9.93. The average Bonchev–Trinajstić information content (AvgIpc) is 3.34. The topological polar surface area (TPSA) is 64.5 Å². The van der Waals surface area contributed by atoms with Gasteiger partial charge in [0, 0.05) is 38.6 Å². The van der Waals surface area contributed by atoms with Crippen LogP contribution < -0.4 is 0 Å². The van der Waals surface area contributed by atoms with E-state index in [1.807, 2.05) is 54.6 Å². The van der Waals surface area contributed by atoms with E-state index in [0.717, 1.165) is 88.5 Å². The van der Waals surface area contributed by atoms with Gasteiger partial charge in [-0.15, -0.1) is 0 Å². The number of pyridine rings is 2. The van der Waals surface area contributed by atoms with Crippen LogP contribution in [-0.4, -0.2) is 24.9 Å². The Hall–Kier alpha value is -8.15. The van der Waals surface area contributed by atoms with Crippen LogP contribution in [0.25, 0.3) is 112 Å². The Bertz CT molecular complexity index is 3330. The number of fused-ring (bicyclic) bond motifs is 4. The third-order valence-corrected chi connectivity index (χ3v) is 11.2. The van der Waals surface area contributed by atoms with Gasteiger partial charge >= 0.3 is 0 Å². The lowest BCUT2D eigenvalue weighted by Crippen LogP contribution is -2.00. The molecular formula is C55H35N5. The van der Waals surface area contributed by atoms with E-state index in [1.165, 1.54) is 5.56 Å². The van der Waals surface area contributed by atoms with E-state index >= 15 is 0 Å². The zero-order valence-electron chi connectivity index (χ0n) is 32.4. The maximum Gasteiger partial charge on any atom is 0.164 e. The van der Waals surface area contributed by atoms with E-state index in [2.05, 4.69) is 158 Å². The zero-order chi connectivity index (χ0) is 39.8. The lowest BCUT2D eigenvalue weighted by Gasteiger charge is -2.13. The quantitative estimate of drug-likeness (QED) is 0.151. The predicted octanol–water partition coefficient (Wildman–Crippen LogP) is 13.8. The molecule has 0 saturated carbocycles. The Labute approximate surface area is 347 Å². The van der Waals surface area contributed by atoms with Crippen LogP contribution in [0.5, 0.6) is 0 Å². The van der Waals surface area contributed by atoms with Gasteiger partial charge in [-0.05, 0) is 45.2 Å². The highest BCUT2D eigenvalue weighted by Gasteiger charge is 2.16. The van der Waals surface area contributed by atoms with Gasteiger partial charge in [-0.1, -0.05) is 200 Å². The molecule has 3 heterocycles.